The first-order valence-electron chi connectivity index (χ1n) is 9.34. The summed E-state index contributed by atoms with van der Waals surface area (Å²) in [6, 6.07) is 9.77. The molecule has 2 unspecified atom stereocenters. The summed E-state index contributed by atoms with van der Waals surface area (Å²) in [7, 11) is -3.46. The first kappa shape index (κ1) is 19.6. The Bertz CT molecular complexity index is 858. The summed E-state index contributed by atoms with van der Waals surface area (Å²) in [6.07, 6.45) is 4.45. The Morgan fingerprint density at radius 2 is 2.11 bits per heavy atom. The molecule has 27 heavy (non-hydrogen) atoms. The molecule has 0 aliphatic carbocycles. The maximum absolute atomic E-state index is 12.6. The molecule has 1 aromatic carbocycles. The second-order valence-electron chi connectivity index (χ2n) is 6.85. The molecule has 0 radical (unpaired) electrons. The minimum Gasteiger partial charge on any atom is -0.347 e. The van der Waals surface area contributed by atoms with Gasteiger partial charge in [0.25, 0.3) is 5.91 Å². The van der Waals surface area contributed by atoms with E-state index < -0.39 is 15.9 Å². The Kier molecular flexibility index (Phi) is 6.28. The van der Waals surface area contributed by atoms with Crippen molar-refractivity contribution in [2.75, 3.05) is 18.8 Å². The third-order valence-corrected chi connectivity index (χ3v) is 6.67. The Morgan fingerprint density at radius 3 is 2.78 bits per heavy atom. The van der Waals surface area contributed by atoms with Gasteiger partial charge in [-0.1, -0.05) is 25.1 Å². The van der Waals surface area contributed by atoms with Crippen molar-refractivity contribution in [2.45, 2.75) is 43.2 Å². The molecule has 146 valence electrons. The molecule has 1 saturated heterocycles. The van der Waals surface area contributed by atoms with Gasteiger partial charge in [-0.2, -0.15) is 5.10 Å². The predicted octanol–water partition coefficient (Wildman–Crippen LogP) is 1.79. The molecule has 1 aliphatic heterocycles. The second-order valence-corrected chi connectivity index (χ2v) is 8.89. The molecule has 7 nitrogen and oxygen atoms in total. The molecule has 1 aliphatic rings. The van der Waals surface area contributed by atoms with E-state index in [9.17, 15) is 13.2 Å². The standard InChI is InChI=1S/C19H26N4O3S/c1-2-15(14-27(25,26)17-8-4-3-5-9-17)21-19(24)18-10-12-23(22-18)16-7-6-11-20-13-16/h3-5,8-10,12,15-16,20H,2,6-7,11,13-14H2,1H3,(H,21,24). The van der Waals surface area contributed by atoms with Crippen LogP contribution in [0.25, 0.3) is 0 Å². The van der Waals surface area contributed by atoms with Gasteiger partial charge in [-0.3, -0.25) is 9.48 Å². The summed E-state index contributed by atoms with van der Waals surface area (Å²) < 4.78 is 26.9. The monoisotopic (exact) mass is 390 g/mol. The van der Waals surface area contributed by atoms with Crippen molar-refractivity contribution in [3.8, 4) is 0 Å². The van der Waals surface area contributed by atoms with Gasteiger partial charge in [0.1, 0.15) is 5.69 Å². The molecule has 2 N–H and O–H groups in total. The summed E-state index contributed by atoms with van der Waals surface area (Å²) >= 11 is 0. The van der Waals surface area contributed by atoms with E-state index in [4.69, 9.17) is 0 Å². The van der Waals surface area contributed by atoms with E-state index in [0.29, 0.717) is 12.1 Å². The van der Waals surface area contributed by atoms with Crippen LogP contribution in [0.5, 0.6) is 0 Å². The van der Waals surface area contributed by atoms with Crippen LogP contribution in [0.15, 0.2) is 47.5 Å². The molecule has 0 spiro atoms. The lowest BCUT2D eigenvalue weighted by atomic mass is 10.1. The van der Waals surface area contributed by atoms with Crippen molar-refractivity contribution in [2.24, 2.45) is 0 Å². The first-order valence-corrected chi connectivity index (χ1v) is 11.0. The maximum Gasteiger partial charge on any atom is 0.272 e. The van der Waals surface area contributed by atoms with Crippen LogP contribution in [0.3, 0.4) is 0 Å². The Balaban J connectivity index is 1.64. The van der Waals surface area contributed by atoms with Crippen LogP contribution in [0.2, 0.25) is 0 Å². The molecule has 0 saturated carbocycles. The molecular formula is C19H26N4O3S. The summed E-state index contributed by atoms with van der Waals surface area (Å²) in [5, 5.41) is 10.5. The van der Waals surface area contributed by atoms with Crippen LogP contribution in [0, 0.1) is 0 Å². The van der Waals surface area contributed by atoms with Gasteiger partial charge in [-0.15, -0.1) is 0 Å². The summed E-state index contributed by atoms with van der Waals surface area (Å²) in [5.41, 5.74) is 0.316. The van der Waals surface area contributed by atoms with Crippen molar-refractivity contribution in [1.82, 2.24) is 20.4 Å². The van der Waals surface area contributed by atoms with Gasteiger partial charge in [0.2, 0.25) is 0 Å². The van der Waals surface area contributed by atoms with Gasteiger partial charge in [0.05, 0.1) is 16.7 Å². The number of rotatable bonds is 7. The highest BCUT2D eigenvalue weighted by Crippen LogP contribution is 2.16. The fraction of sp³-hybridized carbons (Fsp3) is 0.474. The lowest BCUT2D eigenvalue weighted by molar-refractivity contribution is 0.0933. The average molecular weight is 391 g/mol. The maximum atomic E-state index is 12.6. The van der Waals surface area contributed by atoms with Crippen LogP contribution >= 0.6 is 0 Å². The van der Waals surface area contributed by atoms with Crippen molar-refractivity contribution < 1.29 is 13.2 Å². The quantitative estimate of drug-likeness (QED) is 0.752. The van der Waals surface area contributed by atoms with Gasteiger partial charge < -0.3 is 10.6 Å². The predicted molar refractivity (Wildman–Crippen MR) is 103 cm³/mol. The normalized spacial score (nSPS) is 18.8. The van der Waals surface area contributed by atoms with E-state index in [0.717, 1.165) is 25.9 Å². The Labute approximate surface area is 160 Å². The van der Waals surface area contributed by atoms with Crippen LogP contribution in [-0.2, 0) is 9.84 Å². The molecule has 2 heterocycles. The fourth-order valence-electron chi connectivity index (χ4n) is 3.23. The largest absolute Gasteiger partial charge is 0.347 e. The molecule has 1 aromatic heterocycles. The molecule has 1 fully saturated rings. The average Bonchev–Trinajstić information content (AvgIpc) is 3.19. The summed E-state index contributed by atoms with van der Waals surface area (Å²) in [4.78, 5) is 12.8. The fourth-order valence-corrected chi connectivity index (χ4v) is 4.84. The number of piperidine rings is 1. The van der Waals surface area contributed by atoms with Crippen LogP contribution < -0.4 is 10.6 Å². The lowest BCUT2D eigenvalue weighted by Crippen LogP contribution is -2.39. The topological polar surface area (TPSA) is 93.1 Å². The van der Waals surface area contributed by atoms with Gasteiger partial charge in [0.15, 0.2) is 9.84 Å². The number of hydrogen-bond donors (Lipinski definition) is 2. The number of amides is 1. The molecule has 8 heteroatoms. The summed E-state index contributed by atoms with van der Waals surface area (Å²) in [5.74, 6) is -0.473. The SMILES string of the molecule is CCC(CS(=O)(=O)c1ccccc1)NC(=O)c1ccn(C2CCCNC2)n1. The second kappa shape index (κ2) is 8.67. The van der Waals surface area contributed by atoms with Gasteiger partial charge >= 0.3 is 0 Å². The highest BCUT2D eigenvalue weighted by molar-refractivity contribution is 7.91. The van der Waals surface area contributed by atoms with E-state index in [2.05, 4.69) is 15.7 Å². The van der Waals surface area contributed by atoms with Crippen LogP contribution in [0.1, 0.15) is 42.7 Å². The van der Waals surface area contributed by atoms with E-state index in [-0.39, 0.29) is 22.6 Å². The molecule has 1 amide bonds. The zero-order valence-corrected chi connectivity index (χ0v) is 16.3. The molecule has 2 atom stereocenters. The lowest BCUT2D eigenvalue weighted by Gasteiger charge is -2.23. The number of sulfone groups is 1. The smallest absolute Gasteiger partial charge is 0.272 e. The van der Waals surface area contributed by atoms with Gasteiger partial charge in [-0.25, -0.2) is 8.42 Å². The van der Waals surface area contributed by atoms with E-state index in [1.54, 1.807) is 36.4 Å². The number of carbonyl (C=O) groups excluding carboxylic acids is 1. The van der Waals surface area contributed by atoms with Crippen LogP contribution in [0.4, 0.5) is 0 Å². The summed E-state index contributed by atoms with van der Waals surface area (Å²) in [6.45, 7) is 3.71. The van der Waals surface area contributed by atoms with Crippen molar-refractivity contribution in [1.29, 1.82) is 0 Å². The number of nitrogens with one attached hydrogen (secondary N) is 2. The zero-order valence-electron chi connectivity index (χ0n) is 15.5. The molecule has 3 rings (SSSR count). The van der Waals surface area contributed by atoms with E-state index >= 15 is 0 Å². The van der Waals surface area contributed by atoms with Crippen LogP contribution in [-0.4, -0.2) is 49.0 Å². The minimum atomic E-state index is -3.46. The Morgan fingerprint density at radius 1 is 1.33 bits per heavy atom. The van der Waals surface area contributed by atoms with Crippen molar-refractivity contribution in [3.05, 3.63) is 48.3 Å². The van der Waals surface area contributed by atoms with Gasteiger partial charge in [-0.05, 0) is 44.0 Å². The number of nitrogens with zero attached hydrogens (tertiary/aromatic N) is 2. The van der Waals surface area contributed by atoms with Gasteiger partial charge in [0, 0.05) is 18.8 Å². The number of carbonyl (C=O) groups is 1. The number of hydrogen-bond acceptors (Lipinski definition) is 5. The third kappa shape index (κ3) is 4.95. The third-order valence-electron chi connectivity index (χ3n) is 4.84. The van der Waals surface area contributed by atoms with Crippen molar-refractivity contribution >= 4 is 15.7 Å². The number of benzene rings is 1. The molecular weight excluding hydrogens is 364 g/mol. The highest BCUT2D eigenvalue weighted by atomic mass is 32.2. The molecule has 0 bridgehead atoms. The zero-order chi connectivity index (χ0) is 19.3. The highest BCUT2D eigenvalue weighted by Gasteiger charge is 2.23. The van der Waals surface area contributed by atoms with E-state index in [1.165, 1.54) is 0 Å². The molecule has 2 aromatic rings. The first-order chi connectivity index (χ1) is 13.0. The van der Waals surface area contributed by atoms with Crippen molar-refractivity contribution in [3.63, 3.8) is 0 Å². The minimum absolute atomic E-state index is 0.132. The number of aromatic nitrogens is 2. The Hall–Kier alpha value is -2.19. The van der Waals surface area contributed by atoms with E-state index in [1.807, 2.05) is 17.8 Å².